The van der Waals surface area contributed by atoms with E-state index >= 15 is 0 Å². The molecular weight excluding hydrogens is 200 g/mol. The number of imidazole rings is 1. The molecule has 1 unspecified atom stereocenters. The molecule has 0 bridgehead atoms. The van der Waals surface area contributed by atoms with Crippen LogP contribution in [0.2, 0.25) is 0 Å². The molecule has 16 heavy (non-hydrogen) atoms. The third-order valence-electron chi connectivity index (χ3n) is 2.94. The van der Waals surface area contributed by atoms with Gasteiger partial charge in [0.2, 0.25) is 0 Å². The van der Waals surface area contributed by atoms with Crippen LogP contribution in [0.25, 0.3) is 5.65 Å². The summed E-state index contributed by atoms with van der Waals surface area (Å²) in [5, 5.41) is 0. The molecule has 2 aromatic heterocycles. The first-order valence-electron chi connectivity index (χ1n) is 5.63. The predicted octanol–water partition coefficient (Wildman–Crippen LogP) is 2.49. The Kier molecular flexibility index (Phi) is 3.04. The van der Waals surface area contributed by atoms with Crippen molar-refractivity contribution in [2.24, 2.45) is 5.92 Å². The number of fused-ring (bicyclic) bond motifs is 1. The Bertz CT molecular complexity index is 468. The Labute approximate surface area is 95.1 Å². The number of carbonyl (C=O) groups is 1. The predicted molar refractivity (Wildman–Crippen MR) is 63.4 cm³/mol. The molecule has 0 aromatic carbocycles. The fourth-order valence-electron chi connectivity index (χ4n) is 1.91. The molecule has 1 atom stereocenters. The van der Waals surface area contributed by atoms with Gasteiger partial charge in [0.05, 0.1) is 5.69 Å². The molecular formula is C13H16N2O. The summed E-state index contributed by atoms with van der Waals surface area (Å²) < 4.78 is 1.99. The van der Waals surface area contributed by atoms with Gasteiger partial charge in [-0.1, -0.05) is 13.0 Å². The molecule has 0 amide bonds. The normalized spacial score (nSPS) is 12.9. The minimum Gasteiger partial charge on any atom is -0.307 e. The first kappa shape index (κ1) is 10.9. The molecule has 3 heteroatoms. The highest BCUT2D eigenvalue weighted by atomic mass is 16.1. The van der Waals surface area contributed by atoms with Crippen molar-refractivity contribution in [2.75, 3.05) is 0 Å². The zero-order chi connectivity index (χ0) is 11.5. The highest BCUT2D eigenvalue weighted by molar-refractivity contribution is 5.78. The fraction of sp³-hybridized carbons (Fsp3) is 0.385. The summed E-state index contributed by atoms with van der Waals surface area (Å²) in [6.45, 7) is 3.70. The quantitative estimate of drug-likeness (QED) is 0.787. The largest absolute Gasteiger partial charge is 0.307 e. The zero-order valence-electron chi connectivity index (χ0n) is 9.68. The van der Waals surface area contributed by atoms with Gasteiger partial charge in [-0.2, -0.15) is 0 Å². The van der Waals surface area contributed by atoms with E-state index in [-0.39, 0.29) is 11.7 Å². The average molecular weight is 216 g/mol. The van der Waals surface area contributed by atoms with E-state index in [1.807, 2.05) is 41.9 Å². The molecule has 0 radical (unpaired) electrons. The first-order valence-corrected chi connectivity index (χ1v) is 5.63. The summed E-state index contributed by atoms with van der Waals surface area (Å²) in [6.07, 6.45) is 5.60. The monoisotopic (exact) mass is 216 g/mol. The van der Waals surface area contributed by atoms with E-state index in [0.29, 0.717) is 0 Å². The lowest BCUT2D eigenvalue weighted by atomic mass is 9.97. The number of pyridine rings is 1. The van der Waals surface area contributed by atoms with Crippen molar-refractivity contribution in [3.8, 4) is 0 Å². The number of nitrogens with zero attached hydrogens (tertiary/aromatic N) is 2. The lowest BCUT2D eigenvalue weighted by molar-refractivity contribution is -0.120. The van der Waals surface area contributed by atoms with Crippen molar-refractivity contribution >= 4 is 11.4 Å². The van der Waals surface area contributed by atoms with Gasteiger partial charge in [-0.3, -0.25) is 4.79 Å². The number of carbonyl (C=O) groups excluding carboxylic acids is 1. The van der Waals surface area contributed by atoms with Crippen LogP contribution >= 0.6 is 0 Å². The Morgan fingerprint density at radius 3 is 2.94 bits per heavy atom. The second-order valence-corrected chi connectivity index (χ2v) is 4.12. The average Bonchev–Trinajstić information content (AvgIpc) is 2.67. The molecule has 0 spiro atoms. The van der Waals surface area contributed by atoms with Crippen LogP contribution in [0, 0.1) is 5.92 Å². The summed E-state index contributed by atoms with van der Waals surface area (Å²) in [7, 11) is 0. The Morgan fingerprint density at radius 2 is 2.31 bits per heavy atom. The Hall–Kier alpha value is -1.64. The van der Waals surface area contributed by atoms with Crippen LogP contribution in [0.15, 0.2) is 30.6 Å². The summed E-state index contributed by atoms with van der Waals surface area (Å²) in [5.41, 5.74) is 1.93. The van der Waals surface area contributed by atoms with Crippen molar-refractivity contribution in [1.29, 1.82) is 0 Å². The zero-order valence-corrected chi connectivity index (χ0v) is 9.68. The van der Waals surface area contributed by atoms with Crippen LogP contribution in [0.1, 0.15) is 26.0 Å². The summed E-state index contributed by atoms with van der Waals surface area (Å²) in [6, 6.07) is 5.91. The van der Waals surface area contributed by atoms with Gasteiger partial charge in [0, 0.05) is 24.7 Å². The molecule has 0 N–H and O–H groups in total. The molecule has 0 aliphatic rings. The van der Waals surface area contributed by atoms with Crippen LogP contribution < -0.4 is 0 Å². The van der Waals surface area contributed by atoms with Gasteiger partial charge in [-0.05, 0) is 25.5 Å². The van der Waals surface area contributed by atoms with Crippen LogP contribution in [-0.2, 0) is 11.2 Å². The van der Waals surface area contributed by atoms with Gasteiger partial charge in [0.1, 0.15) is 11.4 Å². The van der Waals surface area contributed by atoms with Gasteiger partial charge in [0.15, 0.2) is 0 Å². The van der Waals surface area contributed by atoms with E-state index in [1.165, 1.54) is 0 Å². The van der Waals surface area contributed by atoms with Crippen LogP contribution in [0.5, 0.6) is 0 Å². The lowest BCUT2D eigenvalue weighted by Gasteiger charge is -2.07. The minimum atomic E-state index is 0.102. The minimum absolute atomic E-state index is 0.102. The van der Waals surface area contributed by atoms with Crippen molar-refractivity contribution in [1.82, 2.24) is 9.38 Å². The number of aromatic nitrogens is 2. The molecule has 0 aliphatic carbocycles. The summed E-state index contributed by atoms with van der Waals surface area (Å²) in [4.78, 5) is 15.9. The molecule has 0 fully saturated rings. The highest BCUT2D eigenvalue weighted by Gasteiger charge is 2.14. The van der Waals surface area contributed by atoms with Crippen molar-refractivity contribution < 1.29 is 4.79 Å². The molecule has 0 aliphatic heterocycles. The van der Waals surface area contributed by atoms with E-state index in [2.05, 4.69) is 4.98 Å². The lowest BCUT2D eigenvalue weighted by Crippen LogP contribution is -2.12. The molecule has 84 valence electrons. The van der Waals surface area contributed by atoms with E-state index in [4.69, 9.17) is 0 Å². The van der Waals surface area contributed by atoms with Gasteiger partial charge >= 0.3 is 0 Å². The number of hydrogen-bond donors (Lipinski definition) is 0. The number of ketones is 1. The summed E-state index contributed by atoms with van der Waals surface area (Å²) >= 11 is 0. The van der Waals surface area contributed by atoms with E-state index in [1.54, 1.807) is 6.92 Å². The first-order chi connectivity index (χ1) is 7.70. The molecule has 2 heterocycles. The molecule has 2 rings (SSSR count). The number of hydrogen-bond acceptors (Lipinski definition) is 2. The standard InChI is InChI=1S/C13H16N2O/c1-3-11(10(2)16)8-12-9-15-7-5-4-6-13(15)14-12/h4-7,9,11H,3,8H2,1-2H3. The molecule has 2 aromatic rings. The van der Waals surface area contributed by atoms with Crippen LogP contribution in [-0.4, -0.2) is 15.2 Å². The summed E-state index contributed by atoms with van der Waals surface area (Å²) in [5.74, 6) is 0.351. The molecule has 0 saturated heterocycles. The number of Topliss-reactive ketones (excluding diaryl/α,β-unsaturated/α-hetero) is 1. The van der Waals surface area contributed by atoms with Crippen molar-refractivity contribution in [3.63, 3.8) is 0 Å². The third kappa shape index (κ3) is 2.13. The maximum atomic E-state index is 11.4. The maximum Gasteiger partial charge on any atom is 0.136 e. The van der Waals surface area contributed by atoms with Gasteiger partial charge in [-0.15, -0.1) is 0 Å². The Balaban J connectivity index is 2.24. The van der Waals surface area contributed by atoms with E-state index < -0.39 is 0 Å². The third-order valence-corrected chi connectivity index (χ3v) is 2.94. The second-order valence-electron chi connectivity index (χ2n) is 4.12. The van der Waals surface area contributed by atoms with Gasteiger partial charge in [0.25, 0.3) is 0 Å². The smallest absolute Gasteiger partial charge is 0.136 e. The molecule has 0 saturated carbocycles. The van der Waals surface area contributed by atoms with E-state index in [9.17, 15) is 4.79 Å². The SMILES string of the molecule is CCC(Cc1cn2ccccc2n1)C(C)=O. The van der Waals surface area contributed by atoms with Gasteiger partial charge < -0.3 is 4.40 Å². The topological polar surface area (TPSA) is 34.4 Å². The van der Waals surface area contributed by atoms with Crippen molar-refractivity contribution in [3.05, 3.63) is 36.3 Å². The fourth-order valence-corrected chi connectivity index (χ4v) is 1.91. The van der Waals surface area contributed by atoms with Crippen molar-refractivity contribution in [2.45, 2.75) is 26.7 Å². The molecule has 3 nitrogen and oxygen atoms in total. The second kappa shape index (κ2) is 4.47. The van der Waals surface area contributed by atoms with E-state index in [0.717, 1.165) is 24.2 Å². The maximum absolute atomic E-state index is 11.4. The van der Waals surface area contributed by atoms with Gasteiger partial charge in [-0.25, -0.2) is 4.98 Å². The highest BCUT2D eigenvalue weighted by Crippen LogP contribution is 2.13. The number of rotatable bonds is 4. The van der Waals surface area contributed by atoms with Crippen LogP contribution in [0.4, 0.5) is 0 Å². The Morgan fingerprint density at radius 1 is 1.50 bits per heavy atom. The van der Waals surface area contributed by atoms with Crippen LogP contribution in [0.3, 0.4) is 0 Å².